The van der Waals surface area contributed by atoms with Crippen molar-refractivity contribution in [3.63, 3.8) is 0 Å². The van der Waals surface area contributed by atoms with Crippen LogP contribution in [0.1, 0.15) is 12.8 Å². The van der Waals surface area contributed by atoms with Crippen LogP contribution in [0.3, 0.4) is 0 Å². The molecule has 0 aromatic rings. The lowest BCUT2D eigenvalue weighted by atomic mass is 9.81. The minimum atomic E-state index is 0.947. The van der Waals surface area contributed by atoms with E-state index >= 15 is 0 Å². The van der Waals surface area contributed by atoms with Gasteiger partial charge >= 0.3 is 0 Å². The van der Waals surface area contributed by atoms with Gasteiger partial charge in [0, 0.05) is 6.54 Å². The first-order chi connectivity index (χ1) is 5.36. The maximum absolute atomic E-state index is 3.48. The van der Waals surface area contributed by atoms with Gasteiger partial charge in [0.05, 0.1) is 0 Å². The average molecular weight is 154 g/mol. The molecule has 2 heterocycles. The summed E-state index contributed by atoms with van der Waals surface area (Å²) in [6, 6.07) is 0. The molecule has 0 saturated carbocycles. The van der Waals surface area contributed by atoms with Crippen LogP contribution in [-0.4, -0.2) is 38.1 Å². The van der Waals surface area contributed by atoms with E-state index in [1.54, 1.807) is 0 Å². The van der Waals surface area contributed by atoms with Crippen molar-refractivity contribution in [3.8, 4) is 0 Å². The average Bonchev–Trinajstić information content (AvgIpc) is 2.04. The highest BCUT2D eigenvalue weighted by atomic mass is 15.1. The van der Waals surface area contributed by atoms with Gasteiger partial charge in [-0.2, -0.15) is 0 Å². The molecule has 2 unspecified atom stereocenters. The number of likely N-dealkylation sites (tertiary alicyclic amines) is 1. The Balaban J connectivity index is 1.93. The molecule has 0 radical (unpaired) electrons. The van der Waals surface area contributed by atoms with Crippen LogP contribution >= 0.6 is 0 Å². The second kappa shape index (κ2) is 3.11. The fourth-order valence-electron chi connectivity index (χ4n) is 2.45. The van der Waals surface area contributed by atoms with E-state index in [1.165, 1.54) is 39.0 Å². The van der Waals surface area contributed by atoms with Gasteiger partial charge in [-0.15, -0.1) is 0 Å². The summed E-state index contributed by atoms with van der Waals surface area (Å²) in [4.78, 5) is 2.47. The Bertz CT molecular complexity index is 136. The molecular weight excluding hydrogens is 136 g/mol. The van der Waals surface area contributed by atoms with Gasteiger partial charge in [0.2, 0.25) is 0 Å². The van der Waals surface area contributed by atoms with Crippen molar-refractivity contribution in [2.75, 3.05) is 33.2 Å². The quantitative estimate of drug-likeness (QED) is 0.548. The molecule has 2 aliphatic rings. The minimum Gasteiger partial charge on any atom is -0.316 e. The number of hydrogen-bond acceptors (Lipinski definition) is 2. The SMILES string of the molecule is CN1CCC2CCNCC2C1. The molecular formula is C9H18N2. The van der Waals surface area contributed by atoms with Crippen LogP contribution in [0.5, 0.6) is 0 Å². The zero-order valence-corrected chi connectivity index (χ0v) is 7.34. The third-order valence-corrected chi connectivity index (χ3v) is 3.19. The smallest absolute Gasteiger partial charge is 0.00214 e. The third-order valence-electron chi connectivity index (χ3n) is 3.19. The first-order valence-electron chi connectivity index (χ1n) is 4.75. The number of piperidine rings is 2. The fourth-order valence-corrected chi connectivity index (χ4v) is 2.45. The van der Waals surface area contributed by atoms with Gasteiger partial charge in [0.1, 0.15) is 0 Å². The van der Waals surface area contributed by atoms with Crippen molar-refractivity contribution in [1.29, 1.82) is 0 Å². The molecule has 2 atom stereocenters. The maximum atomic E-state index is 3.48. The van der Waals surface area contributed by atoms with E-state index in [0.29, 0.717) is 0 Å². The molecule has 2 heteroatoms. The molecule has 2 nitrogen and oxygen atoms in total. The molecule has 0 aromatic heterocycles. The third kappa shape index (κ3) is 1.57. The van der Waals surface area contributed by atoms with Crippen LogP contribution in [0, 0.1) is 11.8 Å². The Morgan fingerprint density at radius 1 is 1.27 bits per heavy atom. The van der Waals surface area contributed by atoms with Crippen LogP contribution in [0.2, 0.25) is 0 Å². The lowest BCUT2D eigenvalue weighted by molar-refractivity contribution is 0.115. The Morgan fingerprint density at radius 3 is 3.09 bits per heavy atom. The number of hydrogen-bond donors (Lipinski definition) is 1. The van der Waals surface area contributed by atoms with E-state index < -0.39 is 0 Å². The van der Waals surface area contributed by atoms with Crippen LogP contribution in [0.25, 0.3) is 0 Å². The van der Waals surface area contributed by atoms with Crippen LogP contribution in [0.4, 0.5) is 0 Å². The Morgan fingerprint density at radius 2 is 2.18 bits per heavy atom. The summed E-state index contributed by atoms with van der Waals surface area (Å²) < 4.78 is 0. The lowest BCUT2D eigenvalue weighted by Gasteiger charge is -2.40. The predicted molar refractivity (Wildman–Crippen MR) is 46.6 cm³/mol. The van der Waals surface area contributed by atoms with Gasteiger partial charge in [-0.3, -0.25) is 0 Å². The van der Waals surface area contributed by atoms with Gasteiger partial charge in [0.15, 0.2) is 0 Å². The highest BCUT2D eigenvalue weighted by molar-refractivity contribution is 4.84. The summed E-state index contributed by atoms with van der Waals surface area (Å²) in [6.45, 7) is 5.15. The second-order valence-corrected chi connectivity index (χ2v) is 4.06. The molecule has 2 rings (SSSR count). The van der Waals surface area contributed by atoms with E-state index in [0.717, 1.165) is 11.8 Å². The molecule has 0 bridgehead atoms. The van der Waals surface area contributed by atoms with Gasteiger partial charge in [-0.25, -0.2) is 0 Å². The van der Waals surface area contributed by atoms with Crippen molar-refractivity contribution in [2.24, 2.45) is 11.8 Å². The Kier molecular flexibility index (Phi) is 2.14. The number of fused-ring (bicyclic) bond motifs is 1. The Labute approximate surface area is 69.0 Å². The molecule has 0 aromatic carbocycles. The summed E-state index contributed by atoms with van der Waals surface area (Å²) in [5, 5.41) is 3.48. The van der Waals surface area contributed by atoms with E-state index in [9.17, 15) is 0 Å². The zero-order valence-electron chi connectivity index (χ0n) is 7.34. The molecule has 0 spiro atoms. The maximum Gasteiger partial charge on any atom is 0.00214 e. The van der Waals surface area contributed by atoms with Crippen LogP contribution in [-0.2, 0) is 0 Å². The van der Waals surface area contributed by atoms with Gasteiger partial charge in [-0.05, 0) is 51.4 Å². The monoisotopic (exact) mass is 154 g/mol. The lowest BCUT2D eigenvalue weighted by Crippen LogP contribution is -2.47. The van der Waals surface area contributed by atoms with Crippen molar-refractivity contribution >= 4 is 0 Å². The molecule has 2 fully saturated rings. The molecule has 11 heavy (non-hydrogen) atoms. The van der Waals surface area contributed by atoms with E-state index in [-0.39, 0.29) is 0 Å². The van der Waals surface area contributed by atoms with E-state index in [1.807, 2.05) is 0 Å². The predicted octanol–water partition coefficient (Wildman–Crippen LogP) is 0.548. The molecule has 0 amide bonds. The second-order valence-electron chi connectivity index (χ2n) is 4.06. The summed E-state index contributed by atoms with van der Waals surface area (Å²) in [7, 11) is 2.24. The number of nitrogens with one attached hydrogen (secondary N) is 1. The van der Waals surface area contributed by atoms with Crippen molar-refractivity contribution in [2.45, 2.75) is 12.8 Å². The van der Waals surface area contributed by atoms with Crippen LogP contribution < -0.4 is 5.32 Å². The fraction of sp³-hybridized carbons (Fsp3) is 1.00. The van der Waals surface area contributed by atoms with Crippen molar-refractivity contribution < 1.29 is 0 Å². The minimum absolute atomic E-state index is 0.947. The molecule has 2 aliphatic heterocycles. The number of rotatable bonds is 0. The van der Waals surface area contributed by atoms with E-state index in [2.05, 4.69) is 17.3 Å². The zero-order chi connectivity index (χ0) is 7.68. The summed E-state index contributed by atoms with van der Waals surface area (Å²) in [6.07, 6.45) is 2.85. The van der Waals surface area contributed by atoms with Crippen molar-refractivity contribution in [1.82, 2.24) is 10.2 Å². The highest BCUT2D eigenvalue weighted by Gasteiger charge is 2.29. The van der Waals surface area contributed by atoms with Gasteiger partial charge in [0.25, 0.3) is 0 Å². The first kappa shape index (κ1) is 7.56. The van der Waals surface area contributed by atoms with Gasteiger partial charge in [-0.1, -0.05) is 0 Å². The summed E-state index contributed by atoms with van der Waals surface area (Å²) >= 11 is 0. The van der Waals surface area contributed by atoms with Gasteiger partial charge < -0.3 is 10.2 Å². The molecule has 1 N–H and O–H groups in total. The van der Waals surface area contributed by atoms with Crippen molar-refractivity contribution in [3.05, 3.63) is 0 Å². The normalized spacial score (nSPS) is 40.1. The molecule has 2 saturated heterocycles. The Hall–Kier alpha value is -0.0800. The largest absolute Gasteiger partial charge is 0.316 e. The highest BCUT2D eigenvalue weighted by Crippen LogP contribution is 2.27. The van der Waals surface area contributed by atoms with Crippen LogP contribution in [0.15, 0.2) is 0 Å². The standard InChI is InChI=1S/C9H18N2/c1-11-5-3-8-2-4-10-6-9(8)7-11/h8-10H,2-7H2,1H3. The first-order valence-corrected chi connectivity index (χ1v) is 4.75. The molecule has 0 aliphatic carbocycles. The number of nitrogens with zero attached hydrogens (tertiary/aromatic N) is 1. The summed E-state index contributed by atoms with van der Waals surface area (Å²) in [5.74, 6) is 1.98. The topological polar surface area (TPSA) is 15.3 Å². The summed E-state index contributed by atoms with van der Waals surface area (Å²) in [5.41, 5.74) is 0. The molecule has 64 valence electrons. The van der Waals surface area contributed by atoms with E-state index in [4.69, 9.17) is 0 Å².